The molecule has 0 aromatic heterocycles. The zero-order valence-corrected chi connectivity index (χ0v) is 21.8. The Bertz CT molecular complexity index is 136. The van der Waals surface area contributed by atoms with E-state index in [-0.39, 0.29) is 49.0 Å². The average Bonchev–Trinajstić information content (AvgIpc) is 1.62. The summed E-state index contributed by atoms with van der Waals surface area (Å²) in [4.78, 5) is 0. The van der Waals surface area contributed by atoms with Crippen LogP contribution in [0.4, 0.5) is 0 Å². The molecule has 0 saturated heterocycles. The standard InChI is InChI=1S/4IO4.Na.Ru/c4*2-1(3,4)5;;/q4*-1;+1;+3. The number of rotatable bonds is 0. The van der Waals surface area contributed by atoms with Crippen LogP contribution in [0.5, 0.6) is 0 Å². The van der Waals surface area contributed by atoms with E-state index < -0.39 is 80.4 Å². The van der Waals surface area contributed by atoms with Gasteiger partial charge >= 0.3 is 49.0 Å². The van der Waals surface area contributed by atoms with Gasteiger partial charge in [0.25, 0.3) is 0 Å². The van der Waals surface area contributed by atoms with E-state index in [0.29, 0.717) is 0 Å². The van der Waals surface area contributed by atoms with Crippen molar-refractivity contribution in [3.8, 4) is 0 Å². The summed E-state index contributed by atoms with van der Waals surface area (Å²) in [5, 5.41) is 0. The molecule has 0 atom stereocenters. The van der Waals surface area contributed by atoms with Gasteiger partial charge < -0.3 is 0 Å². The fourth-order valence-corrected chi connectivity index (χ4v) is 0. The third-order valence-electron chi connectivity index (χ3n) is 0. The maximum absolute atomic E-state index is 8.62. The molecule has 0 aliphatic carbocycles. The summed E-state index contributed by atoms with van der Waals surface area (Å²) in [6.45, 7) is 0. The second-order valence-corrected chi connectivity index (χ2v) is 10.1. The molecule has 16 nitrogen and oxygen atoms in total. The van der Waals surface area contributed by atoms with Crippen molar-refractivity contribution in [2.45, 2.75) is 0 Å². The van der Waals surface area contributed by atoms with Gasteiger partial charge in [0, 0.05) is 0 Å². The quantitative estimate of drug-likeness (QED) is 0.161. The van der Waals surface area contributed by atoms with Crippen molar-refractivity contribution in [1.29, 1.82) is 0 Å². The molecule has 0 aromatic carbocycles. The van der Waals surface area contributed by atoms with Gasteiger partial charge in [-0.1, -0.05) is 0 Å². The van der Waals surface area contributed by atoms with E-state index in [4.69, 9.17) is 55.0 Å². The Morgan fingerprint density at radius 1 is 0.273 bits per heavy atom. The zero-order valence-electron chi connectivity index (χ0n) is 9.40. The van der Waals surface area contributed by atoms with Gasteiger partial charge in [-0.15, -0.1) is 0 Å². The van der Waals surface area contributed by atoms with Crippen molar-refractivity contribution in [3.05, 3.63) is 0 Å². The van der Waals surface area contributed by atoms with Gasteiger partial charge in [-0.25, -0.2) is 0 Å². The molecule has 0 bridgehead atoms. The maximum atomic E-state index is 8.62. The molecule has 0 fully saturated rings. The molecular formula is I4NaO16Ru. The van der Waals surface area contributed by atoms with E-state index >= 15 is 0 Å². The van der Waals surface area contributed by atoms with Gasteiger partial charge in [0.15, 0.2) is 0 Å². The van der Waals surface area contributed by atoms with Gasteiger partial charge in [-0.2, -0.15) is 0 Å². The van der Waals surface area contributed by atoms with Gasteiger partial charge in [0.1, 0.15) is 80.4 Å². The topological polar surface area (TPSA) is 369 Å². The van der Waals surface area contributed by atoms with Crippen LogP contribution in [-0.4, -0.2) is 0 Å². The number of hydrogen-bond acceptors (Lipinski definition) is 16. The average molecular weight is 888 g/mol. The van der Waals surface area contributed by atoms with Crippen LogP contribution < -0.4 is 165 Å². The summed E-state index contributed by atoms with van der Waals surface area (Å²) in [5.74, 6) is 0. The third kappa shape index (κ3) is 823. The van der Waals surface area contributed by atoms with Crippen LogP contribution in [0.1, 0.15) is 0 Å². The Kier molecular flexibility index (Phi) is 33.7. The molecule has 0 heterocycles. The van der Waals surface area contributed by atoms with E-state index in [2.05, 4.69) is 0 Å². The smallest absolute Gasteiger partial charge is 0.286 e. The third-order valence-corrected chi connectivity index (χ3v) is 0. The number of hydrogen-bond donors (Lipinski definition) is 0. The van der Waals surface area contributed by atoms with Gasteiger partial charge in [0.2, 0.25) is 0 Å². The molecule has 0 rings (SSSR count). The molecule has 0 amide bonds. The van der Waals surface area contributed by atoms with Crippen LogP contribution in [0.25, 0.3) is 0 Å². The Hall–Kier alpha value is 3.90. The summed E-state index contributed by atoms with van der Waals surface area (Å²) in [6.07, 6.45) is 0. The van der Waals surface area contributed by atoms with Crippen LogP contribution in [0.2, 0.25) is 0 Å². The molecule has 133 valence electrons. The molecule has 0 saturated carbocycles. The first kappa shape index (κ1) is 40.6. The van der Waals surface area contributed by atoms with Crippen molar-refractivity contribution >= 4 is 0 Å². The first-order chi connectivity index (χ1) is 8.00. The van der Waals surface area contributed by atoms with Crippen LogP contribution in [0, 0.1) is 0 Å². The molecule has 0 aliphatic rings. The SMILES string of the molecule is [Na+].[O-][I+3]([O-])([O-])[O-].[O-][I+3]([O-])([O-])[O-].[O-][I+3]([O-])([O-])[O-].[O-][I+3]([O-])([O-])[O-].[Ru+3]. The summed E-state index contributed by atoms with van der Waals surface area (Å²) in [6, 6.07) is 0. The van der Waals surface area contributed by atoms with Crippen molar-refractivity contribution in [2.75, 3.05) is 0 Å². The van der Waals surface area contributed by atoms with Crippen molar-refractivity contribution in [3.63, 3.8) is 0 Å². The summed E-state index contributed by atoms with van der Waals surface area (Å²) in [5.41, 5.74) is 0. The maximum Gasteiger partial charge on any atom is 3.00 e. The molecule has 0 N–H and O–H groups in total. The molecule has 22 heavy (non-hydrogen) atoms. The second kappa shape index (κ2) is 18.3. The minimum absolute atomic E-state index is 0. The van der Waals surface area contributed by atoms with Gasteiger partial charge in [-0.05, 0) is 0 Å². The van der Waals surface area contributed by atoms with Gasteiger partial charge in [-0.3, -0.25) is 55.0 Å². The first-order valence-corrected chi connectivity index (χ1v) is 16.6. The van der Waals surface area contributed by atoms with E-state index in [1.807, 2.05) is 0 Å². The molecule has 0 aromatic rings. The largest absolute Gasteiger partial charge is 3.00 e. The fraction of sp³-hybridized carbons (Fsp3) is 0. The summed E-state index contributed by atoms with van der Waals surface area (Å²) < 4.78 is 138. The summed E-state index contributed by atoms with van der Waals surface area (Å²) in [7, 11) is 0. The first-order valence-electron chi connectivity index (χ1n) is 2.47. The normalized spacial score (nSPS) is 10.9. The Balaban J connectivity index is -0.0000000376. The Labute approximate surface area is 181 Å². The number of halogens is 4. The van der Waals surface area contributed by atoms with E-state index in [9.17, 15) is 0 Å². The monoisotopic (exact) mass is 888 g/mol. The Morgan fingerprint density at radius 3 is 0.273 bits per heavy atom. The molecular weight excluding hydrogens is 888 g/mol. The second-order valence-electron chi connectivity index (χ2n) is 1.51. The zero-order chi connectivity index (χ0) is 18.0. The fourth-order valence-electron chi connectivity index (χ4n) is 0. The van der Waals surface area contributed by atoms with Crippen LogP contribution in [0.15, 0.2) is 0 Å². The molecule has 0 aliphatic heterocycles. The predicted octanol–water partition coefficient (Wildman–Crippen LogP) is -34.0. The van der Waals surface area contributed by atoms with Crippen molar-refractivity contribution < 1.29 is 184 Å². The van der Waals surface area contributed by atoms with Gasteiger partial charge in [0.05, 0.1) is 0 Å². The predicted molar refractivity (Wildman–Crippen MR) is 0 cm³/mol. The molecule has 0 unspecified atom stereocenters. The van der Waals surface area contributed by atoms with Crippen LogP contribution in [0.3, 0.4) is 0 Å². The minimum Gasteiger partial charge on any atom is -0.286 e. The van der Waals surface area contributed by atoms with E-state index in [0.717, 1.165) is 0 Å². The van der Waals surface area contributed by atoms with E-state index in [1.54, 1.807) is 0 Å². The summed E-state index contributed by atoms with van der Waals surface area (Å²) >= 11 is -23.8. The van der Waals surface area contributed by atoms with Crippen molar-refractivity contribution in [1.82, 2.24) is 0 Å². The van der Waals surface area contributed by atoms with Crippen molar-refractivity contribution in [2.24, 2.45) is 0 Å². The molecule has 0 spiro atoms. The minimum atomic E-state index is -5.94. The van der Waals surface area contributed by atoms with Crippen LogP contribution >= 0.6 is 0 Å². The molecule has 22 heteroatoms. The van der Waals surface area contributed by atoms with Crippen LogP contribution in [-0.2, 0) is 19.5 Å². The van der Waals surface area contributed by atoms with E-state index in [1.165, 1.54) is 0 Å². The Morgan fingerprint density at radius 2 is 0.273 bits per heavy atom. The molecule has 1 radical (unpaired) electrons.